The van der Waals surface area contributed by atoms with Crippen molar-refractivity contribution < 1.29 is 19.0 Å². The fraction of sp³-hybridized carbons (Fsp3) is 0.533. The first-order valence-corrected chi connectivity index (χ1v) is 7.92. The lowest BCUT2D eigenvalue weighted by molar-refractivity contribution is -0.138. The molecule has 0 aromatic heterocycles. The summed E-state index contributed by atoms with van der Waals surface area (Å²) in [5.74, 6) is -1.08. The fourth-order valence-electron chi connectivity index (χ4n) is 2.58. The van der Waals surface area contributed by atoms with Crippen molar-refractivity contribution in [2.45, 2.75) is 12.6 Å². The van der Waals surface area contributed by atoms with Gasteiger partial charge in [0.15, 0.2) is 0 Å². The van der Waals surface area contributed by atoms with Gasteiger partial charge in [0.1, 0.15) is 5.82 Å². The number of ether oxygens (including phenoxy) is 1. The van der Waals surface area contributed by atoms with Gasteiger partial charge < -0.3 is 9.84 Å². The molecular formula is C15H20BrFN2O3. The van der Waals surface area contributed by atoms with Gasteiger partial charge in [-0.25, -0.2) is 4.39 Å². The van der Waals surface area contributed by atoms with Crippen molar-refractivity contribution >= 4 is 21.9 Å². The van der Waals surface area contributed by atoms with E-state index in [0.29, 0.717) is 31.8 Å². The Morgan fingerprint density at radius 1 is 1.59 bits per heavy atom. The molecule has 1 aliphatic rings. The summed E-state index contributed by atoms with van der Waals surface area (Å²) < 4.78 is 20.3. The zero-order valence-corrected chi connectivity index (χ0v) is 14.1. The topological polar surface area (TPSA) is 53.0 Å². The summed E-state index contributed by atoms with van der Waals surface area (Å²) in [6, 6.07) is 4.96. The highest BCUT2D eigenvalue weighted by atomic mass is 79.9. The van der Waals surface area contributed by atoms with Gasteiger partial charge in [-0.3, -0.25) is 14.6 Å². The molecule has 0 saturated carbocycles. The van der Waals surface area contributed by atoms with Gasteiger partial charge in [-0.1, -0.05) is 22.0 Å². The van der Waals surface area contributed by atoms with Crippen LogP contribution in [-0.4, -0.2) is 66.8 Å². The van der Waals surface area contributed by atoms with Crippen LogP contribution >= 0.6 is 15.9 Å². The molecule has 1 aliphatic heterocycles. The molecule has 122 valence electrons. The first-order chi connectivity index (χ1) is 10.5. The highest BCUT2D eigenvalue weighted by Gasteiger charge is 2.23. The maximum absolute atomic E-state index is 13.9. The van der Waals surface area contributed by atoms with Crippen LogP contribution in [0.1, 0.15) is 5.56 Å². The lowest BCUT2D eigenvalue weighted by Crippen LogP contribution is -2.47. The standard InChI is InChI=1S/C15H20BrFN2O3/c1-18(10-15(20)21)7-11-8-19(5-6-22-11)9-12-13(16)3-2-4-14(12)17/h2-4,11H,5-10H2,1H3,(H,20,21). The number of hydrogen-bond acceptors (Lipinski definition) is 4. The molecule has 7 heteroatoms. The number of hydrogen-bond donors (Lipinski definition) is 1. The van der Waals surface area contributed by atoms with E-state index in [1.54, 1.807) is 18.0 Å². The first kappa shape index (κ1) is 17.3. The first-order valence-electron chi connectivity index (χ1n) is 7.13. The molecule has 0 spiro atoms. The molecule has 0 radical (unpaired) electrons. The summed E-state index contributed by atoms with van der Waals surface area (Å²) in [6.07, 6.45) is -0.0661. The molecule has 22 heavy (non-hydrogen) atoms. The van der Waals surface area contributed by atoms with E-state index in [1.807, 2.05) is 6.07 Å². The minimum Gasteiger partial charge on any atom is -0.480 e. The highest BCUT2D eigenvalue weighted by molar-refractivity contribution is 9.10. The molecule has 2 rings (SSSR count). The van der Waals surface area contributed by atoms with E-state index in [4.69, 9.17) is 9.84 Å². The Bertz CT molecular complexity index is 509. The second-order valence-corrected chi connectivity index (χ2v) is 6.37. The number of aliphatic carboxylic acids is 1. The number of carboxylic acid groups (broad SMARTS) is 1. The normalized spacial score (nSPS) is 19.5. The monoisotopic (exact) mass is 374 g/mol. The van der Waals surface area contributed by atoms with E-state index in [-0.39, 0.29) is 18.5 Å². The third kappa shape index (κ3) is 5.01. The Balaban J connectivity index is 1.92. The van der Waals surface area contributed by atoms with Gasteiger partial charge >= 0.3 is 5.97 Å². The van der Waals surface area contributed by atoms with E-state index in [2.05, 4.69) is 20.8 Å². The summed E-state index contributed by atoms with van der Waals surface area (Å²) >= 11 is 3.39. The summed E-state index contributed by atoms with van der Waals surface area (Å²) in [6.45, 7) is 3.00. The Morgan fingerprint density at radius 3 is 3.05 bits per heavy atom. The fourth-order valence-corrected chi connectivity index (χ4v) is 3.05. The predicted molar refractivity (Wildman–Crippen MR) is 84.2 cm³/mol. The van der Waals surface area contributed by atoms with Crippen LogP contribution in [0.25, 0.3) is 0 Å². The Labute approximate surface area is 137 Å². The summed E-state index contributed by atoms with van der Waals surface area (Å²) in [5, 5.41) is 8.78. The average molecular weight is 375 g/mol. The van der Waals surface area contributed by atoms with Crippen molar-refractivity contribution in [3.05, 3.63) is 34.1 Å². The minimum absolute atomic E-state index is 0.0152. The molecule has 1 unspecified atom stereocenters. The molecule has 1 aromatic carbocycles. The van der Waals surface area contributed by atoms with Gasteiger partial charge in [0.25, 0.3) is 0 Å². The summed E-state index contributed by atoms with van der Waals surface area (Å²) in [5.41, 5.74) is 0.641. The molecule has 1 N–H and O–H groups in total. The lowest BCUT2D eigenvalue weighted by Gasteiger charge is -2.34. The second kappa shape index (κ2) is 8.01. The molecule has 1 atom stereocenters. The van der Waals surface area contributed by atoms with Gasteiger partial charge in [-0.2, -0.15) is 0 Å². The minimum atomic E-state index is -0.856. The molecule has 0 aliphatic carbocycles. The summed E-state index contributed by atoms with van der Waals surface area (Å²) in [4.78, 5) is 14.5. The molecule has 0 bridgehead atoms. The van der Waals surface area contributed by atoms with Crippen molar-refractivity contribution in [1.29, 1.82) is 0 Å². The molecule has 1 heterocycles. The van der Waals surface area contributed by atoms with Gasteiger partial charge in [0, 0.05) is 36.2 Å². The van der Waals surface area contributed by atoms with Crippen molar-refractivity contribution in [2.75, 3.05) is 39.8 Å². The average Bonchev–Trinajstić information content (AvgIpc) is 2.42. The number of benzene rings is 1. The van der Waals surface area contributed by atoms with Crippen LogP contribution in [0.3, 0.4) is 0 Å². The van der Waals surface area contributed by atoms with Crippen LogP contribution in [0.15, 0.2) is 22.7 Å². The van der Waals surface area contributed by atoms with Crippen molar-refractivity contribution in [3.63, 3.8) is 0 Å². The smallest absolute Gasteiger partial charge is 0.317 e. The third-order valence-electron chi connectivity index (χ3n) is 3.59. The zero-order chi connectivity index (χ0) is 16.1. The van der Waals surface area contributed by atoms with Crippen LogP contribution in [0.4, 0.5) is 4.39 Å². The Hall–Kier alpha value is -1.02. The van der Waals surface area contributed by atoms with Crippen LogP contribution in [0.5, 0.6) is 0 Å². The molecule has 1 fully saturated rings. The van der Waals surface area contributed by atoms with E-state index in [0.717, 1.165) is 11.0 Å². The number of nitrogens with zero attached hydrogens (tertiary/aromatic N) is 2. The summed E-state index contributed by atoms with van der Waals surface area (Å²) in [7, 11) is 1.75. The number of carbonyl (C=O) groups is 1. The molecule has 1 saturated heterocycles. The molecular weight excluding hydrogens is 355 g/mol. The van der Waals surface area contributed by atoms with Crippen LogP contribution < -0.4 is 0 Å². The van der Waals surface area contributed by atoms with E-state index in [9.17, 15) is 9.18 Å². The zero-order valence-electron chi connectivity index (χ0n) is 12.5. The van der Waals surface area contributed by atoms with Crippen molar-refractivity contribution in [2.24, 2.45) is 0 Å². The van der Waals surface area contributed by atoms with Crippen LogP contribution in [0, 0.1) is 5.82 Å². The number of rotatable bonds is 6. The number of halogens is 2. The number of carboxylic acids is 1. The van der Waals surface area contributed by atoms with Gasteiger partial charge in [0.2, 0.25) is 0 Å². The van der Waals surface area contributed by atoms with Crippen molar-refractivity contribution in [1.82, 2.24) is 9.80 Å². The lowest BCUT2D eigenvalue weighted by atomic mass is 10.1. The maximum Gasteiger partial charge on any atom is 0.317 e. The highest BCUT2D eigenvalue weighted by Crippen LogP contribution is 2.22. The number of likely N-dealkylation sites (N-methyl/N-ethyl adjacent to an activating group) is 1. The Morgan fingerprint density at radius 2 is 2.36 bits per heavy atom. The van der Waals surface area contributed by atoms with Gasteiger partial charge in [0.05, 0.1) is 19.3 Å². The second-order valence-electron chi connectivity index (χ2n) is 5.52. The third-order valence-corrected chi connectivity index (χ3v) is 4.33. The largest absolute Gasteiger partial charge is 0.480 e. The molecule has 1 aromatic rings. The Kier molecular flexibility index (Phi) is 6.31. The maximum atomic E-state index is 13.9. The predicted octanol–water partition coefficient (Wildman–Crippen LogP) is 1.81. The van der Waals surface area contributed by atoms with Gasteiger partial charge in [-0.15, -0.1) is 0 Å². The van der Waals surface area contributed by atoms with Crippen LogP contribution in [0.2, 0.25) is 0 Å². The SMILES string of the molecule is CN(CC(=O)O)CC1CN(Cc2c(F)cccc2Br)CCO1. The van der Waals surface area contributed by atoms with Crippen LogP contribution in [-0.2, 0) is 16.1 Å². The van der Waals surface area contributed by atoms with E-state index < -0.39 is 5.97 Å². The quantitative estimate of drug-likeness (QED) is 0.822. The van der Waals surface area contributed by atoms with E-state index >= 15 is 0 Å². The molecule has 5 nitrogen and oxygen atoms in total. The number of morpholine rings is 1. The molecule has 0 amide bonds. The van der Waals surface area contributed by atoms with Crippen molar-refractivity contribution in [3.8, 4) is 0 Å². The van der Waals surface area contributed by atoms with E-state index in [1.165, 1.54) is 6.07 Å². The van der Waals surface area contributed by atoms with Gasteiger partial charge in [-0.05, 0) is 19.2 Å².